The van der Waals surface area contributed by atoms with Crippen LogP contribution in [0.15, 0.2) is 42.6 Å². The van der Waals surface area contributed by atoms with Gasteiger partial charge in [0, 0.05) is 17.4 Å². The lowest BCUT2D eigenvalue weighted by molar-refractivity contribution is -0.139. The summed E-state index contributed by atoms with van der Waals surface area (Å²) in [6, 6.07) is 10.5. The Bertz CT molecular complexity index is 834. The Morgan fingerprint density at radius 1 is 1.14 bits per heavy atom. The second-order valence-electron chi connectivity index (χ2n) is 5.23. The molecular formula is C16H14F3N3. The molecule has 0 aliphatic heterocycles. The van der Waals surface area contributed by atoms with Crippen molar-refractivity contribution in [2.75, 3.05) is 5.73 Å². The fourth-order valence-corrected chi connectivity index (χ4v) is 2.40. The molecule has 0 saturated heterocycles. The fraction of sp³-hybridized carbons (Fsp3) is 0.188. The highest BCUT2D eigenvalue weighted by molar-refractivity contribution is 5.79. The third-order valence-corrected chi connectivity index (χ3v) is 3.54. The number of pyridine rings is 1. The lowest BCUT2D eigenvalue weighted by atomic mass is 10.1. The van der Waals surface area contributed by atoms with Gasteiger partial charge in [-0.15, -0.1) is 0 Å². The van der Waals surface area contributed by atoms with Crippen LogP contribution in [0.25, 0.3) is 22.3 Å². The average Bonchev–Trinajstić information content (AvgIpc) is 2.82. The van der Waals surface area contributed by atoms with Gasteiger partial charge in [-0.3, -0.25) is 0 Å². The standard InChI is InChI=1S/C16H14F3N3/c1-10-8-11(2-3-12(10)20)13-4-5-15-14(21-13)6-7-22(15)9-16(17,18)19/h2-8H,9,20H2,1H3. The number of anilines is 1. The first-order valence-corrected chi connectivity index (χ1v) is 6.73. The van der Waals surface area contributed by atoms with E-state index in [1.807, 2.05) is 19.1 Å². The number of rotatable bonds is 2. The van der Waals surface area contributed by atoms with E-state index < -0.39 is 12.7 Å². The fourth-order valence-electron chi connectivity index (χ4n) is 2.40. The molecule has 1 aromatic carbocycles. The van der Waals surface area contributed by atoms with Crippen LogP contribution >= 0.6 is 0 Å². The number of hydrogen-bond donors (Lipinski definition) is 1. The van der Waals surface area contributed by atoms with Crippen molar-refractivity contribution in [1.82, 2.24) is 9.55 Å². The van der Waals surface area contributed by atoms with Crippen LogP contribution in [0.5, 0.6) is 0 Å². The molecule has 2 aromatic heterocycles. The predicted octanol–water partition coefficient (Wildman–Crippen LogP) is 4.16. The molecule has 3 nitrogen and oxygen atoms in total. The quantitative estimate of drug-likeness (QED) is 0.723. The number of alkyl halides is 3. The smallest absolute Gasteiger partial charge is 0.399 e. The van der Waals surface area contributed by atoms with E-state index in [1.54, 1.807) is 24.3 Å². The van der Waals surface area contributed by atoms with Gasteiger partial charge in [0.05, 0.1) is 16.7 Å². The Morgan fingerprint density at radius 2 is 1.91 bits per heavy atom. The van der Waals surface area contributed by atoms with Gasteiger partial charge < -0.3 is 10.3 Å². The number of nitrogens with two attached hydrogens (primary N) is 1. The Kier molecular flexibility index (Phi) is 3.31. The highest BCUT2D eigenvalue weighted by atomic mass is 19.4. The number of aromatic nitrogens is 2. The van der Waals surface area contributed by atoms with E-state index in [1.165, 1.54) is 6.20 Å². The second kappa shape index (κ2) is 5.05. The monoisotopic (exact) mass is 305 g/mol. The molecule has 114 valence electrons. The highest BCUT2D eigenvalue weighted by Gasteiger charge is 2.28. The Hall–Kier alpha value is -2.50. The van der Waals surface area contributed by atoms with Crippen molar-refractivity contribution in [3.05, 3.63) is 48.2 Å². The van der Waals surface area contributed by atoms with Gasteiger partial charge in [0.2, 0.25) is 0 Å². The summed E-state index contributed by atoms with van der Waals surface area (Å²) in [6.45, 7) is 0.885. The summed E-state index contributed by atoms with van der Waals surface area (Å²) < 4.78 is 38.7. The first-order chi connectivity index (χ1) is 10.3. The Morgan fingerprint density at radius 3 is 2.59 bits per heavy atom. The number of benzene rings is 1. The van der Waals surface area contributed by atoms with Crippen LogP contribution in [0.4, 0.5) is 18.9 Å². The molecule has 3 aromatic rings. The van der Waals surface area contributed by atoms with Gasteiger partial charge in [0.1, 0.15) is 6.54 Å². The molecule has 0 aliphatic rings. The summed E-state index contributed by atoms with van der Waals surface area (Å²) in [7, 11) is 0. The van der Waals surface area contributed by atoms with E-state index in [0.29, 0.717) is 22.4 Å². The van der Waals surface area contributed by atoms with Crippen molar-refractivity contribution in [1.29, 1.82) is 0 Å². The third kappa shape index (κ3) is 2.77. The van der Waals surface area contributed by atoms with E-state index in [0.717, 1.165) is 15.7 Å². The van der Waals surface area contributed by atoms with Crippen LogP contribution in [0.1, 0.15) is 5.56 Å². The molecule has 0 saturated carbocycles. The first kappa shape index (κ1) is 14.4. The first-order valence-electron chi connectivity index (χ1n) is 6.73. The summed E-state index contributed by atoms with van der Waals surface area (Å²) in [5.41, 5.74) is 10.0. The number of hydrogen-bond acceptors (Lipinski definition) is 2. The normalized spacial score (nSPS) is 12.0. The number of aryl methyl sites for hydroxylation is 1. The van der Waals surface area contributed by atoms with Gasteiger partial charge in [-0.2, -0.15) is 13.2 Å². The predicted molar refractivity (Wildman–Crippen MR) is 80.4 cm³/mol. The van der Waals surface area contributed by atoms with Gasteiger partial charge in [0.15, 0.2) is 0 Å². The van der Waals surface area contributed by atoms with Crippen molar-refractivity contribution < 1.29 is 13.2 Å². The molecular weight excluding hydrogens is 291 g/mol. The maximum Gasteiger partial charge on any atom is 0.406 e. The third-order valence-electron chi connectivity index (χ3n) is 3.54. The van der Waals surface area contributed by atoms with Crippen molar-refractivity contribution >= 4 is 16.7 Å². The zero-order valence-electron chi connectivity index (χ0n) is 11.9. The second-order valence-corrected chi connectivity index (χ2v) is 5.23. The lowest BCUT2D eigenvalue weighted by Gasteiger charge is -2.09. The molecule has 2 heterocycles. The van der Waals surface area contributed by atoms with E-state index >= 15 is 0 Å². The van der Waals surface area contributed by atoms with E-state index in [2.05, 4.69) is 4.98 Å². The van der Waals surface area contributed by atoms with Crippen LogP contribution in [-0.4, -0.2) is 15.7 Å². The molecule has 6 heteroatoms. The molecule has 22 heavy (non-hydrogen) atoms. The number of fused-ring (bicyclic) bond motifs is 1. The highest BCUT2D eigenvalue weighted by Crippen LogP contribution is 2.26. The zero-order valence-corrected chi connectivity index (χ0v) is 11.9. The zero-order chi connectivity index (χ0) is 15.9. The minimum absolute atomic E-state index is 0.466. The molecule has 3 rings (SSSR count). The van der Waals surface area contributed by atoms with E-state index in [4.69, 9.17) is 5.73 Å². The number of nitrogens with zero attached hydrogens (tertiary/aromatic N) is 2. The molecule has 0 fully saturated rings. The van der Waals surface area contributed by atoms with Crippen molar-refractivity contribution in [3.63, 3.8) is 0 Å². The summed E-state index contributed by atoms with van der Waals surface area (Å²) in [6.07, 6.45) is -2.85. The minimum Gasteiger partial charge on any atom is -0.399 e. The van der Waals surface area contributed by atoms with Gasteiger partial charge in [-0.25, -0.2) is 4.98 Å². The van der Waals surface area contributed by atoms with Crippen LogP contribution in [-0.2, 0) is 6.54 Å². The molecule has 0 amide bonds. The SMILES string of the molecule is Cc1cc(-c2ccc3c(ccn3CC(F)(F)F)n2)ccc1N. The van der Waals surface area contributed by atoms with E-state index in [-0.39, 0.29) is 0 Å². The maximum absolute atomic E-state index is 12.5. The van der Waals surface area contributed by atoms with Gasteiger partial charge in [-0.1, -0.05) is 6.07 Å². The van der Waals surface area contributed by atoms with E-state index in [9.17, 15) is 13.2 Å². The lowest BCUT2D eigenvalue weighted by Crippen LogP contribution is -2.16. The molecule has 0 aliphatic carbocycles. The topological polar surface area (TPSA) is 43.8 Å². The molecule has 0 atom stereocenters. The molecule has 2 N–H and O–H groups in total. The van der Waals surface area contributed by atoms with Crippen molar-refractivity contribution in [3.8, 4) is 11.3 Å². The van der Waals surface area contributed by atoms with Gasteiger partial charge in [-0.05, 0) is 42.8 Å². The maximum atomic E-state index is 12.5. The van der Waals surface area contributed by atoms with Crippen LogP contribution in [0.2, 0.25) is 0 Å². The molecule has 0 radical (unpaired) electrons. The number of halogens is 3. The summed E-state index contributed by atoms with van der Waals surface area (Å²) in [5, 5.41) is 0. The molecule has 0 bridgehead atoms. The summed E-state index contributed by atoms with van der Waals surface area (Å²) >= 11 is 0. The Balaban J connectivity index is 2.02. The van der Waals surface area contributed by atoms with Crippen molar-refractivity contribution in [2.45, 2.75) is 19.6 Å². The van der Waals surface area contributed by atoms with Crippen LogP contribution in [0, 0.1) is 6.92 Å². The van der Waals surface area contributed by atoms with Gasteiger partial charge in [0.25, 0.3) is 0 Å². The largest absolute Gasteiger partial charge is 0.406 e. The van der Waals surface area contributed by atoms with Crippen molar-refractivity contribution in [2.24, 2.45) is 0 Å². The van der Waals surface area contributed by atoms with Gasteiger partial charge >= 0.3 is 6.18 Å². The summed E-state index contributed by atoms with van der Waals surface area (Å²) in [4.78, 5) is 4.44. The molecule has 0 unspecified atom stereocenters. The van der Waals surface area contributed by atoms with Crippen LogP contribution in [0.3, 0.4) is 0 Å². The van der Waals surface area contributed by atoms with Crippen LogP contribution < -0.4 is 5.73 Å². The molecule has 0 spiro atoms. The minimum atomic E-state index is -4.25. The number of nitrogen functional groups attached to an aromatic ring is 1. The Labute approximate surface area is 125 Å². The average molecular weight is 305 g/mol. The summed E-state index contributed by atoms with van der Waals surface area (Å²) in [5.74, 6) is 0.